The molecule has 1 heterocycles. The SMILES string of the molecule is CC(=O)OC(C=C(C)CCC=C(C)C)Cc1cocc2c(C=O)ccc1-2. The van der Waals surface area contributed by atoms with E-state index in [0.29, 0.717) is 12.0 Å². The van der Waals surface area contributed by atoms with Crippen molar-refractivity contribution in [1.29, 1.82) is 0 Å². The molecule has 4 nitrogen and oxygen atoms in total. The number of ether oxygens (including phenoxy) is 1. The van der Waals surface area contributed by atoms with Crippen LogP contribution >= 0.6 is 0 Å². The van der Waals surface area contributed by atoms with Crippen molar-refractivity contribution in [3.8, 4) is 11.1 Å². The first-order valence-corrected chi connectivity index (χ1v) is 8.81. The quantitative estimate of drug-likeness (QED) is 0.363. The van der Waals surface area contributed by atoms with Gasteiger partial charge in [-0.25, -0.2) is 0 Å². The number of hydrogen-bond donors (Lipinski definition) is 0. The zero-order valence-corrected chi connectivity index (χ0v) is 15.9. The number of esters is 1. The summed E-state index contributed by atoms with van der Waals surface area (Å²) in [5.41, 5.74) is 5.71. The zero-order valence-electron chi connectivity index (χ0n) is 15.9. The van der Waals surface area contributed by atoms with E-state index in [0.717, 1.165) is 35.8 Å². The molecule has 0 saturated heterocycles. The van der Waals surface area contributed by atoms with Gasteiger partial charge in [-0.15, -0.1) is 0 Å². The highest BCUT2D eigenvalue weighted by Gasteiger charge is 2.18. The summed E-state index contributed by atoms with van der Waals surface area (Å²) in [7, 11) is 0. The molecule has 2 aliphatic rings. The van der Waals surface area contributed by atoms with Crippen LogP contribution in [0.2, 0.25) is 0 Å². The van der Waals surface area contributed by atoms with Crippen molar-refractivity contribution in [3.05, 3.63) is 59.1 Å². The molecule has 0 amide bonds. The molecule has 0 aromatic rings. The van der Waals surface area contributed by atoms with Gasteiger partial charge in [-0.2, -0.15) is 0 Å². The van der Waals surface area contributed by atoms with Crippen molar-refractivity contribution in [2.45, 2.75) is 53.1 Å². The van der Waals surface area contributed by atoms with Crippen LogP contribution in [0.5, 0.6) is 0 Å². The lowest BCUT2D eigenvalue weighted by Crippen LogP contribution is -2.17. The maximum Gasteiger partial charge on any atom is 0.303 e. The Hall–Kier alpha value is -2.62. The first-order chi connectivity index (χ1) is 12.4. The van der Waals surface area contributed by atoms with Gasteiger partial charge < -0.3 is 9.15 Å². The fraction of sp³-hybridized carbons (Fsp3) is 0.364. The topological polar surface area (TPSA) is 56.5 Å². The Bertz CT molecular complexity index is 790. The van der Waals surface area contributed by atoms with E-state index in [-0.39, 0.29) is 12.1 Å². The molecule has 0 bridgehead atoms. The van der Waals surface area contributed by atoms with Gasteiger partial charge in [0.2, 0.25) is 0 Å². The molecule has 0 fully saturated rings. The average molecular weight is 354 g/mol. The van der Waals surface area contributed by atoms with E-state index in [2.05, 4.69) is 19.9 Å². The Kier molecular flexibility index (Phi) is 6.96. The number of aldehydes is 1. The average Bonchev–Trinajstić information content (AvgIpc) is 2.98. The van der Waals surface area contributed by atoms with E-state index in [1.807, 2.05) is 19.1 Å². The summed E-state index contributed by atoms with van der Waals surface area (Å²) in [5.74, 6) is -0.316. The third kappa shape index (κ3) is 5.45. The molecule has 1 aliphatic carbocycles. The third-order valence-electron chi connectivity index (χ3n) is 4.20. The highest BCUT2D eigenvalue weighted by atomic mass is 16.5. The van der Waals surface area contributed by atoms with Crippen LogP contribution in [-0.2, 0) is 16.0 Å². The second kappa shape index (κ2) is 9.18. The third-order valence-corrected chi connectivity index (χ3v) is 4.20. The van der Waals surface area contributed by atoms with Crippen LogP contribution in [-0.4, -0.2) is 18.4 Å². The smallest absolute Gasteiger partial charge is 0.303 e. The molecule has 1 aliphatic heterocycles. The van der Waals surface area contributed by atoms with Crippen LogP contribution in [0.1, 0.15) is 56.5 Å². The summed E-state index contributed by atoms with van der Waals surface area (Å²) < 4.78 is 10.9. The van der Waals surface area contributed by atoms with Gasteiger partial charge in [0.1, 0.15) is 6.10 Å². The normalized spacial score (nSPS) is 12.7. The monoisotopic (exact) mass is 354 g/mol. The van der Waals surface area contributed by atoms with Gasteiger partial charge in [-0.1, -0.05) is 29.4 Å². The molecule has 2 rings (SSSR count). The maximum atomic E-state index is 11.5. The van der Waals surface area contributed by atoms with Gasteiger partial charge in [0, 0.05) is 24.5 Å². The van der Waals surface area contributed by atoms with Gasteiger partial charge in [0.05, 0.1) is 12.5 Å². The Balaban J connectivity index is 2.19. The number of fused-ring (bicyclic) bond motifs is 1. The molecular formula is C22H26O4. The predicted molar refractivity (Wildman–Crippen MR) is 102 cm³/mol. The molecule has 0 N–H and O–H groups in total. The Labute approximate surface area is 154 Å². The van der Waals surface area contributed by atoms with E-state index >= 15 is 0 Å². The van der Waals surface area contributed by atoms with E-state index in [1.54, 1.807) is 18.6 Å². The molecule has 138 valence electrons. The minimum Gasteiger partial charge on any atom is -0.472 e. The lowest BCUT2D eigenvalue weighted by Gasteiger charge is -2.16. The molecule has 0 spiro atoms. The first kappa shape index (κ1) is 19.7. The van der Waals surface area contributed by atoms with Crippen LogP contribution in [0, 0.1) is 0 Å². The molecule has 0 saturated carbocycles. The summed E-state index contributed by atoms with van der Waals surface area (Å²) in [6, 6.07) is 3.68. The highest BCUT2D eigenvalue weighted by Crippen LogP contribution is 2.31. The standard InChI is InChI=1S/C22H26O4/c1-15(2)6-5-7-16(3)10-20(26-17(4)24)11-19-13-25-14-22-18(12-23)8-9-21(19)22/h6,8-10,12-14,20H,5,7,11H2,1-4H3. The minimum absolute atomic E-state index is 0.316. The second-order valence-electron chi connectivity index (χ2n) is 6.82. The Morgan fingerprint density at radius 2 is 1.92 bits per heavy atom. The fourth-order valence-corrected chi connectivity index (χ4v) is 2.98. The van der Waals surface area contributed by atoms with Crippen LogP contribution in [0.15, 0.2) is 52.4 Å². The maximum absolute atomic E-state index is 11.5. The molecule has 0 aromatic carbocycles. The van der Waals surface area contributed by atoms with Crippen molar-refractivity contribution in [3.63, 3.8) is 0 Å². The lowest BCUT2D eigenvalue weighted by atomic mass is 9.99. The first-order valence-electron chi connectivity index (χ1n) is 8.81. The van der Waals surface area contributed by atoms with Gasteiger partial charge in [0.15, 0.2) is 6.29 Å². The van der Waals surface area contributed by atoms with E-state index in [1.165, 1.54) is 18.1 Å². The zero-order chi connectivity index (χ0) is 19.1. The van der Waals surface area contributed by atoms with E-state index < -0.39 is 0 Å². The van der Waals surface area contributed by atoms with Crippen LogP contribution in [0.3, 0.4) is 0 Å². The van der Waals surface area contributed by atoms with Gasteiger partial charge in [-0.05, 0) is 50.8 Å². The summed E-state index contributed by atoms with van der Waals surface area (Å²) >= 11 is 0. The number of rotatable bonds is 8. The number of carbonyl (C=O) groups excluding carboxylic acids is 2. The second-order valence-corrected chi connectivity index (χ2v) is 6.82. The number of carbonyl (C=O) groups is 2. The van der Waals surface area contributed by atoms with Gasteiger partial charge in [0.25, 0.3) is 0 Å². The largest absolute Gasteiger partial charge is 0.472 e. The number of hydrogen-bond acceptors (Lipinski definition) is 4. The van der Waals surface area contributed by atoms with Crippen molar-refractivity contribution in [2.24, 2.45) is 0 Å². The summed E-state index contributed by atoms with van der Waals surface area (Å²) in [6.45, 7) is 7.63. The molecule has 26 heavy (non-hydrogen) atoms. The molecule has 1 atom stereocenters. The van der Waals surface area contributed by atoms with Crippen molar-refractivity contribution < 1.29 is 18.7 Å². The van der Waals surface area contributed by atoms with E-state index in [9.17, 15) is 9.59 Å². The summed E-state index contributed by atoms with van der Waals surface area (Å²) in [5, 5.41) is 0. The van der Waals surface area contributed by atoms with Crippen LogP contribution < -0.4 is 0 Å². The van der Waals surface area contributed by atoms with Crippen LogP contribution in [0.25, 0.3) is 11.1 Å². The molecular weight excluding hydrogens is 328 g/mol. The van der Waals surface area contributed by atoms with Crippen molar-refractivity contribution in [1.82, 2.24) is 0 Å². The molecule has 1 unspecified atom stereocenters. The van der Waals surface area contributed by atoms with Crippen molar-refractivity contribution in [2.75, 3.05) is 0 Å². The fourth-order valence-electron chi connectivity index (χ4n) is 2.98. The van der Waals surface area contributed by atoms with Crippen LogP contribution in [0.4, 0.5) is 0 Å². The Morgan fingerprint density at radius 1 is 1.15 bits per heavy atom. The lowest BCUT2D eigenvalue weighted by molar-refractivity contribution is -0.144. The minimum atomic E-state index is -0.366. The highest BCUT2D eigenvalue weighted by molar-refractivity contribution is 5.90. The Morgan fingerprint density at radius 3 is 2.58 bits per heavy atom. The summed E-state index contributed by atoms with van der Waals surface area (Å²) in [4.78, 5) is 22.6. The van der Waals surface area contributed by atoms with Crippen molar-refractivity contribution >= 4 is 12.3 Å². The predicted octanol–water partition coefficient (Wildman–Crippen LogP) is 5.36. The van der Waals surface area contributed by atoms with Gasteiger partial charge >= 0.3 is 5.97 Å². The number of allylic oxidation sites excluding steroid dienone is 3. The van der Waals surface area contributed by atoms with Gasteiger partial charge in [-0.3, -0.25) is 9.59 Å². The summed E-state index contributed by atoms with van der Waals surface area (Å²) in [6.07, 6.45) is 10.3. The van der Waals surface area contributed by atoms with E-state index in [4.69, 9.17) is 9.15 Å². The molecule has 0 radical (unpaired) electrons. The molecule has 4 heteroatoms. The molecule has 0 aromatic heterocycles.